The van der Waals surface area contributed by atoms with Crippen molar-refractivity contribution in [2.75, 3.05) is 6.61 Å². The summed E-state index contributed by atoms with van der Waals surface area (Å²) in [5.41, 5.74) is 2.68. The average Bonchev–Trinajstić information content (AvgIpc) is 2.81. The third-order valence-corrected chi connectivity index (χ3v) is 10.1. The largest absolute Gasteiger partial charge is 0.494 e. The first-order valence-corrected chi connectivity index (χ1v) is 13.9. The molecule has 0 spiro atoms. The zero-order valence-electron chi connectivity index (χ0n) is 20.1. The molecule has 1 aromatic rings. The van der Waals surface area contributed by atoms with Crippen molar-refractivity contribution in [1.82, 2.24) is 0 Å². The number of ether oxygens (including phenoxy) is 1. The Hall–Kier alpha value is -0.690. The predicted molar refractivity (Wildman–Crippen MR) is 133 cm³/mol. The van der Waals surface area contributed by atoms with Crippen LogP contribution < -0.4 is 4.74 Å². The summed E-state index contributed by atoms with van der Waals surface area (Å²) in [7, 11) is 0. The molecule has 0 heterocycles. The van der Waals surface area contributed by atoms with Gasteiger partial charge in [0.05, 0.1) is 6.61 Å². The number of alkyl halides is 1. The fourth-order valence-corrected chi connectivity index (χ4v) is 7.69. The second-order valence-electron chi connectivity index (χ2n) is 11.3. The summed E-state index contributed by atoms with van der Waals surface area (Å²) in [5.74, 6) is 2.60. The van der Waals surface area contributed by atoms with Gasteiger partial charge in [-0.25, -0.2) is 0 Å². The van der Waals surface area contributed by atoms with Crippen LogP contribution in [0.2, 0.25) is 0 Å². The first-order chi connectivity index (χ1) is 15.1. The van der Waals surface area contributed by atoms with E-state index in [1.54, 1.807) is 0 Å². The predicted octanol–water partition coefficient (Wildman–Crippen LogP) is 9.28. The van der Waals surface area contributed by atoms with Gasteiger partial charge in [0.2, 0.25) is 0 Å². The highest BCUT2D eigenvalue weighted by Crippen LogP contribution is 2.61. The van der Waals surface area contributed by atoms with Gasteiger partial charge in [0, 0.05) is 5.38 Å². The molecule has 4 saturated carbocycles. The summed E-state index contributed by atoms with van der Waals surface area (Å²) < 4.78 is 5.84. The lowest BCUT2D eigenvalue weighted by Gasteiger charge is -2.56. The maximum absolute atomic E-state index is 7.21. The summed E-state index contributed by atoms with van der Waals surface area (Å²) in [6.07, 6.45) is 20.3. The number of rotatable bonds is 10. The molecule has 1 nitrogen and oxygen atoms in total. The third-order valence-electron chi connectivity index (χ3n) is 9.41. The Morgan fingerprint density at radius 3 is 2.13 bits per heavy atom. The van der Waals surface area contributed by atoms with Crippen LogP contribution >= 0.6 is 11.6 Å². The molecule has 1 unspecified atom stereocenters. The van der Waals surface area contributed by atoms with E-state index in [-0.39, 0.29) is 0 Å². The van der Waals surface area contributed by atoms with E-state index in [0.717, 1.165) is 30.6 Å². The van der Waals surface area contributed by atoms with Crippen LogP contribution in [0, 0.1) is 16.7 Å². The lowest BCUT2D eigenvalue weighted by atomic mass is 9.51. The summed E-state index contributed by atoms with van der Waals surface area (Å²) in [6, 6.07) is 8.97. The van der Waals surface area contributed by atoms with Gasteiger partial charge in [-0.15, -0.1) is 11.6 Å². The molecule has 4 fully saturated rings. The molecule has 1 atom stereocenters. The van der Waals surface area contributed by atoms with Crippen molar-refractivity contribution in [3.63, 3.8) is 0 Å². The maximum atomic E-state index is 7.21. The molecule has 0 N–H and O–H groups in total. The Morgan fingerprint density at radius 1 is 0.903 bits per heavy atom. The Kier molecular flexibility index (Phi) is 7.95. The molecule has 0 aliphatic heterocycles. The second-order valence-corrected chi connectivity index (χ2v) is 11.8. The van der Waals surface area contributed by atoms with E-state index in [2.05, 4.69) is 38.1 Å². The smallest absolute Gasteiger partial charge is 0.119 e. The Labute approximate surface area is 196 Å². The van der Waals surface area contributed by atoms with Crippen LogP contribution in [0.4, 0.5) is 0 Å². The highest BCUT2D eigenvalue weighted by atomic mass is 35.5. The van der Waals surface area contributed by atoms with E-state index in [1.807, 2.05) is 0 Å². The minimum absolute atomic E-state index is 0.411. The van der Waals surface area contributed by atoms with Crippen molar-refractivity contribution in [2.45, 2.75) is 121 Å². The van der Waals surface area contributed by atoms with Crippen molar-refractivity contribution in [3.8, 4) is 5.75 Å². The van der Waals surface area contributed by atoms with Gasteiger partial charge in [0.1, 0.15) is 5.75 Å². The molecular formula is C29H45ClO. The molecule has 0 amide bonds. The van der Waals surface area contributed by atoms with Crippen LogP contribution in [0.15, 0.2) is 24.3 Å². The zero-order valence-corrected chi connectivity index (χ0v) is 20.9. The molecule has 2 heteroatoms. The maximum Gasteiger partial charge on any atom is 0.119 e. The van der Waals surface area contributed by atoms with Gasteiger partial charge in [-0.05, 0) is 124 Å². The highest BCUT2D eigenvalue weighted by molar-refractivity contribution is 6.21. The van der Waals surface area contributed by atoms with E-state index in [9.17, 15) is 0 Å². The first-order valence-electron chi connectivity index (χ1n) is 13.4. The average molecular weight is 445 g/mol. The van der Waals surface area contributed by atoms with Crippen LogP contribution in [-0.4, -0.2) is 12.0 Å². The molecule has 174 valence electrons. The van der Waals surface area contributed by atoms with Crippen molar-refractivity contribution in [1.29, 1.82) is 0 Å². The molecule has 0 saturated heterocycles. The van der Waals surface area contributed by atoms with Crippen molar-refractivity contribution in [3.05, 3.63) is 29.8 Å². The molecule has 4 aliphatic carbocycles. The number of halogens is 1. The lowest BCUT2D eigenvalue weighted by Crippen LogP contribution is -2.46. The summed E-state index contributed by atoms with van der Waals surface area (Å²) in [5, 5.41) is 0.411. The molecule has 1 aromatic carbocycles. The lowest BCUT2D eigenvalue weighted by molar-refractivity contribution is -0.0211. The monoisotopic (exact) mass is 444 g/mol. The number of hydrogen-bond donors (Lipinski definition) is 0. The van der Waals surface area contributed by atoms with Crippen LogP contribution in [0.3, 0.4) is 0 Å². The molecule has 2 bridgehead atoms. The highest BCUT2D eigenvalue weighted by Gasteiger charge is 2.51. The Bertz CT molecular complexity index is 648. The molecule has 0 radical (unpaired) electrons. The number of fused-ring (bicyclic) bond motifs is 3. The topological polar surface area (TPSA) is 9.23 Å². The summed E-state index contributed by atoms with van der Waals surface area (Å²) >= 11 is 7.21. The van der Waals surface area contributed by atoms with E-state index < -0.39 is 0 Å². The molecule has 5 rings (SSSR count). The first kappa shape index (κ1) is 23.5. The summed E-state index contributed by atoms with van der Waals surface area (Å²) in [6.45, 7) is 5.40. The number of unbranched alkanes of at least 4 members (excludes halogenated alkanes) is 1. The minimum Gasteiger partial charge on any atom is -0.494 e. The van der Waals surface area contributed by atoms with E-state index in [1.165, 1.54) is 95.5 Å². The van der Waals surface area contributed by atoms with Gasteiger partial charge in [0.15, 0.2) is 0 Å². The van der Waals surface area contributed by atoms with Crippen LogP contribution in [-0.2, 0) is 0 Å². The molecular weight excluding hydrogens is 400 g/mol. The van der Waals surface area contributed by atoms with E-state index >= 15 is 0 Å². The normalized spacial score (nSPS) is 33.9. The van der Waals surface area contributed by atoms with Crippen LogP contribution in [0.25, 0.3) is 0 Å². The van der Waals surface area contributed by atoms with E-state index in [0.29, 0.717) is 16.2 Å². The van der Waals surface area contributed by atoms with Gasteiger partial charge >= 0.3 is 0 Å². The van der Waals surface area contributed by atoms with Crippen LogP contribution in [0.5, 0.6) is 5.75 Å². The van der Waals surface area contributed by atoms with E-state index in [4.69, 9.17) is 16.3 Å². The Morgan fingerprint density at radius 2 is 1.55 bits per heavy atom. The SMILES string of the molecule is CCCCOc1ccc([C@H]2CC[C@H](CC(Cl)C34CCC(CCC)(CC3)CC4)CC2)cc1. The van der Waals surface area contributed by atoms with Crippen molar-refractivity contribution in [2.24, 2.45) is 16.7 Å². The minimum atomic E-state index is 0.411. The van der Waals surface area contributed by atoms with Gasteiger partial charge in [-0.2, -0.15) is 0 Å². The quantitative estimate of drug-likeness (QED) is 0.258. The Balaban J connectivity index is 1.23. The van der Waals surface area contributed by atoms with Gasteiger partial charge in [0.25, 0.3) is 0 Å². The van der Waals surface area contributed by atoms with Gasteiger partial charge < -0.3 is 4.74 Å². The van der Waals surface area contributed by atoms with Crippen molar-refractivity contribution >= 4 is 11.6 Å². The van der Waals surface area contributed by atoms with Gasteiger partial charge in [-0.1, -0.05) is 38.8 Å². The fraction of sp³-hybridized carbons (Fsp3) is 0.793. The van der Waals surface area contributed by atoms with Gasteiger partial charge in [-0.3, -0.25) is 0 Å². The van der Waals surface area contributed by atoms with Crippen LogP contribution in [0.1, 0.15) is 122 Å². The van der Waals surface area contributed by atoms with Crippen molar-refractivity contribution < 1.29 is 4.74 Å². The number of benzene rings is 1. The molecule has 0 aromatic heterocycles. The molecule has 31 heavy (non-hydrogen) atoms. The standard InChI is InChI=1S/C29H45ClO/c1-3-5-21-31-26-12-10-25(11-13-26)24-8-6-23(7-9-24)22-27(30)29-18-15-28(14-4-2,16-19-29)17-20-29/h10-13,23-24,27H,3-9,14-22H2,1-2H3/t23-,24-,27?,28?,29?. The fourth-order valence-electron chi connectivity index (χ4n) is 7.11. The zero-order chi connectivity index (χ0) is 21.7. The number of hydrogen-bond acceptors (Lipinski definition) is 1. The second kappa shape index (κ2) is 10.5. The third kappa shape index (κ3) is 5.45. The summed E-state index contributed by atoms with van der Waals surface area (Å²) in [4.78, 5) is 0. The molecule has 4 aliphatic rings.